The Bertz CT molecular complexity index is 788. The molecule has 1 aliphatic heterocycles. The van der Waals surface area contributed by atoms with E-state index in [1.807, 2.05) is 0 Å². The van der Waals surface area contributed by atoms with Gasteiger partial charge in [-0.05, 0) is 36.2 Å². The van der Waals surface area contributed by atoms with Gasteiger partial charge in [0.1, 0.15) is 0 Å². The summed E-state index contributed by atoms with van der Waals surface area (Å²) in [5.41, 5.74) is 1.19. The molecule has 1 amide bonds. The second-order valence-electron chi connectivity index (χ2n) is 5.55. The molecule has 0 saturated carbocycles. The number of Topliss-reactive ketones (excluding diaryl/α,β-unsaturated/α-hetero) is 1. The number of carbonyl (C=O) groups is 3. The minimum Gasteiger partial charge on any atom is -0.550 e. The Balaban J connectivity index is 2.11. The van der Waals surface area contributed by atoms with E-state index in [4.69, 9.17) is 11.6 Å². The number of aliphatic carboxylic acids is 1. The van der Waals surface area contributed by atoms with Crippen molar-refractivity contribution < 1.29 is 19.5 Å². The van der Waals surface area contributed by atoms with Gasteiger partial charge in [0.05, 0.1) is 12.0 Å². The molecule has 2 atom stereocenters. The van der Waals surface area contributed by atoms with Crippen LogP contribution in [0.4, 0.5) is 5.69 Å². The number of nitrogens with zero attached hydrogens (tertiary/aromatic N) is 1. The van der Waals surface area contributed by atoms with Crippen LogP contribution in [0.25, 0.3) is 0 Å². The molecule has 1 heterocycles. The van der Waals surface area contributed by atoms with Crippen LogP contribution >= 0.6 is 11.6 Å². The summed E-state index contributed by atoms with van der Waals surface area (Å²) in [6, 6.07) is 14.7. The van der Waals surface area contributed by atoms with Gasteiger partial charge in [-0.3, -0.25) is 14.5 Å². The van der Waals surface area contributed by atoms with E-state index in [2.05, 4.69) is 0 Å². The topological polar surface area (TPSA) is 77.5 Å². The lowest BCUT2D eigenvalue weighted by Crippen LogP contribution is -2.31. The molecule has 1 aliphatic rings. The fourth-order valence-corrected chi connectivity index (χ4v) is 3.14. The first-order chi connectivity index (χ1) is 11.5. The molecule has 1 saturated heterocycles. The lowest BCUT2D eigenvalue weighted by atomic mass is 9.90. The number of rotatable bonds is 4. The third-order valence-electron chi connectivity index (χ3n) is 4.06. The maximum absolute atomic E-state index is 12.5. The predicted octanol–water partition coefficient (Wildman–Crippen LogP) is 1.75. The number of hydrogen-bond donors (Lipinski definition) is 0. The van der Waals surface area contributed by atoms with Crippen LogP contribution < -0.4 is 10.0 Å². The zero-order valence-electron chi connectivity index (χ0n) is 12.5. The fraction of sp³-hybridized carbons (Fsp3) is 0.167. The van der Waals surface area contributed by atoms with Crippen molar-refractivity contribution in [1.29, 1.82) is 0 Å². The molecular formula is C18H13ClNO4-. The predicted molar refractivity (Wildman–Crippen MR) is 86.2 cm³/mol. The van der Waals surface area contributed by atoms with Crippen LogP contribution in [0.15, 0.2) is 54.6 Å². The van der Waals surface area contributed by atoms with Gasteiger partial charge in [-0.15, -0.1) is 0 Å². The lowest BCUT2D eigenvalue weighted by molar-refractivity contribution is -0.306. The highest BCUT2D eigenvalue weighted by atomic mass is 35.5. The first-order valence-corrected chi connectivity index (χ1v) is 7.74. The van der Waals surface area contributed by atoms with Crippen LogP contribution in [0.2, 0.25) is 5.02 Å². The van der Waals surface area contributed by atoms with Crippen LogP contribution in [-0.2, 0) is 14.4 Å². The quantitative estimate of drug-likeness (QED) is 0.793. The number of anilines is 1. The molecule has 122 valence electrons. The zero-order chi connectivity index (χ0) is 17.3. The van der Waals surface area contributed by atoms with Crippen molar-refractivity contribution in [3.63, 3.8) is 0 Å². The number of carboxylic acids is 1. The zero-order valence-corrected chi connectivity index (χ0v) is 13.3. The van der Waals surface area contributed by atoms with Crippen LogP contribution in [0.1, 0.15) is 18.0 Å². The number of halogens is 1. The number of amides is 1. The number of para-hydroxylation sites is 1. The molecule has 0 aliphatic carbocycles. The first-order valence-electron chi connectivity index (χ1n) is 7.37. The van der Waals surface area contributed by atoms with Gasteiger partial charge in [-0.25, -0.2) is 0 Å². The summed E-state index contributed by atoms with van der Waals surface area (Å²) in [6.45, 7) is 0. The first kappa shape index (κ1) is 16.2. The molecule has 6 heteroatoms. The summed E-state index contributed by atoms with van der Waals surface area (Å²) < 4.78 is 0. The van der Waals surface area contributed by atoms with E-state index >= 15 is 0 Å². The third-order valence-corrected chi connectivity index (χ3v) is 4.31. The molecule has 2 aromatic carbocycles. The van der Waals surface area contributed by atoms with E-state index in [1.54, 1.807) is 54.6 Å². The van der Waals surface area contributed by atoms with E-state index < -0.39 is 36.0 Å². The summed E-state index contributed by atoms with van der Waals surface area (Å²) in [7, 11) is 0. The standard InChI is InChI=1S/C18H14ClNO4/c19-12-8-6-11(7-9-12)16-14(10-15(21)22)17(23)18(24)20(16)13-4-2-1-3-5-13/h1-9,14,16H,10H2,(H,21,22)/p-1/t14-,16-/m1/s1. The summed E-state index contributed by atoms with van der Waals surface area (Å²) in [6.07, 6.45) is -0.513. The van der Waals surface area contributed by atoms with Gasteiger partial charge in [0.2, 0.25) is 5.78 Å². The normalized spacial score (nSPS) is 20.5. The van der Waals surface area contributed by atoms with E-state index in [1.165, 1.54) is 4.90 Å². The highest BCUT2D eigenvalue weighted by Gasteiger charge is 2.48. The minimum atomic E-state index is -1.37. The van der Waals surface area contributed by atoms with Crippen LogP contribution in [0.5, 0.6) is 0 Å². The van der Waals surface area contributed by atoms with Crippen molar-refractivity contribution >= 4 is 34.9 Å². The minimum absolute atomic E-state index is 0.511. The molecule has 0 bridgehead atoms. The van der Waals surface area contributed by atoms with Crippen molar-refractivity contribution in [1.82, 2.24) is 0 Å². The highest BCUT2D eigenvalue weighted by molar-refractivity contribution is 6.45. The fourth-order valence-electron chi connectivity index (χ4n) is 3.02. The van der Waals surface area contributed by atoms with Gasteiger partial charge in [0.15, 0.2) is 0 Å². The van der Waals surface area contributed by atoms with Gasteiger partial charge >= 0.3 is 0 Å². The highest BCUT2D eigenvalue weighted by Crippen LogP contribution is 2.41. The van der Waals surface area contributed by atoms with Crippen molar-refractivity contribution in [2.45, 2.75) is 12.5 Å². The summed E-state index contributed by atoms with van der Waals surface area (Å²) in [5, 5.41) is 11.6. The Kier molecular flexibility index (Phi) is 4.36. The van der Waals surface area contributed by atoms with Gasteiger partial charge < -0.3 is 9.90 Å². The molecule has 1 fully saturated rings. The summed E-state index contributed by atoms with van der Waals surface area (Å²) in [4.78, 5) is 37.3. The molecular weight excluding hydrogens is 330 g/mol. The van der Waals surface area contributed by atoms with Crippen molar-refractivity contribution in [2.75, 3.05) is 4.90 Å². The van der Waals surface area contributed by atoms with Crippen LogP contribution in [0, 0.1) is 5.92 Å². The molecule has 2 aromatic rings. The third kappa shape index (κ3) is 2.90. The molecule has 3 rings (SSSR count). The Morgan fingerprint density at radius 2 is 1.67 bits per heavy atom. The smallest absolute Gasteiger partial charge is 0.295 e. The van der Waals surface area contributed by atoms with Gasteiger partial charge in [0.25, 0.3) is 5.91 Å². The second-order valence-corrected chi connectivity index (χ2v) is 5.99. The van der Waals surface area contributed by atoms with Gasteiger partial charge in [-0.1, -0.05) is 41.9 Å². The number of hydrogen-bond acceptors (Lipinski definition) is 4. The van der Waals surface area contributed by atoms with E-state index in [-0.39, 0.29) is 0 Å². The molecule has 0 aromatic heterocycles. The average Bonchev–Trinajstić information content (AvgIpc) is 2.81. The van der Waals surface area contributed by atoms with E-state index in [9.17, 15) is 19.5 Å². The maximum Gasteiger partial charge on any atom is 0.295 e. The van der Waals surface area contributed by atoms with E-state index in [0.29, 0.717) is 16.3 Å². The summed E-state index contributed by atoms with van der Waals surface area (Å²) >= 11 is 5.90. The number of carbonyl (C=O) groups excluding carboxylic acids is 3. The monoisotopic (exact) mass is 342 g/mol. The Hall–Kier alpha value is -2.66. The van der Waals surface area contributed by atoms with E-state index in [0.717, 1.165) is 0 Å². The second kappa shape index (κ2) is 6.45. The Morgan fingerprint density at radius 1 is 1.04 bits per heavy atom. The SMILES string of the molecule is O=C([O-])C[C@H]1C(=O)C(=O)N(c2ccccc2)[C@@H]1c1ccc(Cl)cc1. The number of benzene rings is 2. The number of ketones is 1. The van der Waals surface area contributed by atoms with Gasteiger partial charge in [0, 0.05) is 16.7 Å². The maximum atomic E-state index is 12.5. The van der Waals surface area contributed by atoms with Crippen molar-refractivity contribution in [2.24, 2.45) is 5.92 Å². The van der Waals surface area contributed by atoms with Crippen molar-refractivity contribution in [3.8, 4) is 0 Å². The molecule has 0 N–H and O–H groups in total. The Morgan fingerprint density at radius 3 is 2.25 bits per heavy atom. The molecule has 0 unspecified atom stereocenters. The average molecular weight is 343 g/mol. The lowest BCUT2D eigenvalue weighted by Gasteiger charge is -2.28. The van der Waals surface area contributed by atoms with Crippen molar-refractivity contribution in [3.05, 3.63) is 65.2 Å². The van der Waals surface area contributed by atoms with Crippen LogP contribution in [-0.4, -0.2) is 17.7 Å². The molecule has 0 spiro atoms. The molecule has 24 heavy (non-hydrogen) atoms. The molecule has 5 nitrogen and oxygen atoms in total. The Labute approximate surface area is 143 Å². The number of carboxylic acid groups (broad SMARTS) is 1. The summed E-state index contributed by atoms with van der Waals surface area (Å²) in [5.74, 6) is -3.80. The molecule has 0 radical (unpaired) electrons. The van der Waals surface area contributed by atoms with Gasteiger partial charge in [-0.2, -0.15) is 0 Å². The largest absolute Gasteiger partial charge is 0.550 e. The van der Waals surface area contributed by atoms with Crippen LogP contribution in [0.3, 0.4) is 0 Å².